The maximum Gasteiger partial charge on any atom is 0.161 e. The van der Waals surface area contributed by atoms with E-state index < -0.39 is 0 Å². The Morgan fingerprint density at radius 2 is 2.29 bits per heavy atom. The van der Waals surface area contributed by atoms with Crippen LogP contribution in [0.25, 0.3) is 0 Å². The van der Waals surface area contributed by atoms with Gasteiger partial charge >= 0.3 is 0 Å². The first-order valence-electron chi connectivity index (χ1n) is 8.15. The quantitative estimate of drug-likeness (QED) is 0.831. The molecule has 1 saturated heterocycles. The molecule has 0 amide bonds. The van der Waals surface area contributed by atoms with Crippen LogP contribution in [0.15, 0.2) is 6.20 Å². The second-order valence-corrected chi connectivity index (χ2v) is 7.32. The molecule has 0 saturated carbocycles. The first kappa shape index (κ1) is 16.7. The molecule has 120 valence electrons. The topological polar surface area (TPSA) is 39.1 Å². The molecule has 2 unspecified atom stereocenters. The Balaban J connectivity index is 2.32. The fourth-order valence-corrected chi connectivity index (χ4v) is 4.38. The monoisotopic (exact) mass is 311 g/mol. The Kier molecular flexibility index (Phi) is 6.42. The number of hydrogen-bond donors (Lipinski definition) is 1. The molecule has 1 fully saturated rings. The van der Waals surface area contributed by atoms with Crippen molar-refractivity contribution in [3.05, 3.63) is 11.9 Å². The molecule has 1 aliphatic rings. The van der Waals surface area contributed by atoms with Crippen LogP contribution in [0.3, 0.4) is 0 Å². The number of nitrogens with zero attached hydrogens (tertiary/aromatic N) is 2. The van der Waals surface area contributed by atoms with Gasteiger partial charge in [-0.1, -0.05) is 13.3 Å². The number of methoxy groups -OCH3 is 1. The summed E-state index contributed by atoms with van der Waals surface area (Å²) >= 11 is 2.10. The van der Waals surface area contributed by atoms with E-state index in [2.05, 4.69) is 47.6 Å². The standard InChI is InChI=1S/C16H29N3OS/c1-5-9-17-15(14-8-6-7-10-21-14)16-13(20-4)11-18-19(16)12(2)3/h11-12,14-15,17H,5-10H2,1-4H3. The van der Waals surface area contributed by atoms with Gasteiger partial charge in [0.25, 0.3) is 0 Å². The number of aromatic nitrogens is 2. The molecule has 0 aliphatic carbocycles. The normalized spacial score (nSPS) is 20.7. The summed E-state index contributed by atoms with van der Waals surface area (Å²) in [6.07, 6.45) is 6.97. The van der Waals surface area contributed by atoms with E-state index in [9.17, 15) is 0 Å². The molecule has 0 aromatic carbocycles. The predicted molar refractivity (Wildman–Crippen MR) is 90.3 cm³/mol. The van der Waals surface area contributed by atoms with Gasteiger partial charge in [0.2, 0.25) is 0 Å². The molecule has 4 nitrogen and oxygen atoms in total. The highest BCUT2D eigenvalue weighted by Crippen LogP contribution is 2.38. The van der Waals surface area contributed by atoms with Crippen LogP contribution in [-0.4, -0.2) is 34.4 Å². The molecular formula is C16H29N3OS. The van der Waals surface area contributed by atoms with Crippen molar-refractivity contribution in [3.8, 4) is 5.75 Å². The van der Waals surface area contributed by atoms with Crippen molar-refractivity contribution in [3.63, 3.8) is 0 Å². The van der Waals surface area contributed by atoms with Crippen molar-refractivity contribution in [2.24, 2.45) is 0 Å². The first-order chi connectivity index (χ1) is 10.2. The summed E-state index contributed by atoms with van der Waals surface area (Å²) in [7, 11) is 1.75. The molecule has 1 aromatic rings. The maximum absolute atomic E-state index is 5.60. The van der Waals surface area contributed by atoms with E-state index in [1.807, 2.05) is 6.20 Å². The SMILES string of the molecule is CCCNC(c1c(OC)cnn1C(C)C)C1CCCCS1. The zero-order valence-electron chi connectivity index (χ0n) is 13.8. The highest BCUT2D eigenvalue weighted by atomic mass is 32.2. The van der Waals surface area contributed by atoms with Gasteiger partial charge < -0.3 is 10.1 Å². The van der Waals surface area contributed by atoms with E-state index in [-0.39, 0.29) is 0 Å². The average molecular weight is 311 g/mol. The van der Waals surface area contributed by atoms with E-state index in [4.69, 9.17) is 4.74 Å². The largest absolute Gasteiger partial charge is 0.493 e. The lowest BCUT2D eigenvalue weighted by Crippen LogP contribution is -2.34. The van der Waals surface area contributed by atoms with Gasteiger partial charge in [-0.2, -0.15) is 16.9 Å². The average Bonchev–Trinajstić information content (AvgIpc) is 2.93. The lowest BCUT2D eigenvalue weighted by atomic mass is 10.0. The van der Waals surface area contributed by atoms with Crippen molar-refractivity contribution in [1.82, 2.24) is 15.1 Å². The third-order valence-electron chi connectivity index (χ3n) is 4.00. The highest BCUT2D eigenvalue weighted by molar-refractivity contribution is 8.00. The summed E-state index contributed by atoms with van der Waals surface area (Å²) in [5.41, 5.74) is 1.22. The van der Waals surface area contributed by atoms with Crippen LogP contribution < -0.4 is 10.1 Å². The van der Waals surface area contributed by atoms with Gasteiger partial charge in [0.05, 0.1) is 25.0 Å². The van der Waals surface area contributed by atoms with Gasteiger partial charge in [0.1, 0.15) is 0 Å². The Morgan fingerprint density at radius 3 is 2.86 bits per heavy atom. The van der Waals surface area contributed by atoms with Crippen molar-refractivity contribution >= 4 is 11.8 Å². The molecule has 5 heteroatoms. The van der Waals surface area contributed by atoms with E-state index in [0.717, 1.165) is 18.7 Å². The summed E-state index contributed by atoms with van der Waals surface area (Å²) in [5.74, 6) is 2.19. The van der Waals surface area contributed by atoms with Gasteiger partial charge in [0.15, 0.2) is 5.75 Å². The Hall–Kier alpha value is -0.680. The lowest BCUT2D eigenvalue weighted by Gasteiger charge is -2.32. The second kappa shape index (κ2) is 8.08. The fraction of sp³-hybridized carbons (Fsp3) is 0.812. The summed E-state index contributed by atoms with van der Waals surface area (Å²) in [6.45, 7) is 7.62. The molecule has 2 heterocycles. The number of thioether (sulfide) groups is 1. The number of hydrogen-bond acceptors (Lipinski definition) is 4. The van der Waals surface area contributed by atoms with Crippen molar-refractivity contribution < 1.29 is 4.74 Å². The van der Waals surface area contributed by atoms with Crippen molar-refractivity contribution in [2.75, 3.05) is 19.4 Å². The summed E-state index contributed by atoms with van der Waals surface area (Å²) in [5, 5.41) is 8.92. The van der Waals surface area contributed by atoms with E-state index >= 15 is 0 Å². The molecule has 2 rings (SSSR count). The van der Waals surface area contributed by atoms with Crippen LogP contribution in [0, 0.1) is 0 Å². The van der Waals surface area contributed by atoms with E-state index in [1.54, 1.807) is 7.11 Å². The number of nitrogens with one attached hydrogen (secondary N) is 1. The van der Waals surface area contributed by atoms with Gasteiger partial charge in [-0.3, -0.25) is 4.68 Å². The van der Waals surface area contributed by atoms with Crippen LogP contribution in [0.2, 0.25) is 0 Å². The molecule has 0 bridgehead atoms. The van der Waals surface area contributed by atoms with Crippen LogP contribution in [0.5, 0.6) is 5.75 Å². The molecule has 0 radical (unpaired) electrons. The predicted octanol–water partition coefficient (Wildman–Crippen LogP) is 3.80. The minimum Gasteiger partial charge on any atom is -0.493 e. The molecular weight excluding hydrogens is 282 g/mol. The van der Waals surface area contributed by atoms with E-state index in [0.29, 0.717) is 17.3 Å². The minimum atomic E-state index is 0.329. The Bertz CT molecular complexity index is 427. The third kappa shape index (κ3) is 3.95. The zero-order chi connectivity index (χ0) is 15.2. The molecule has 2 atom stereocenters. The van der Waals surface area contributed by atoms with Gasteiger partial charge in [-0.15, -0.1) is 0 Å². The van der Waals surface area contributed by atoms with Crippen LogP contribution in [0.1, 0.15) is 64.2 Å². The third-order valence-corrected chi connectivity index (χ3v) is 5.46. The first-order valence-corrected chi connectivity index (χ1v) is 9.20. The van der Waals surface area contributed by atoms with Gasteiger partial charge in [0, 0.05) is 11.3 Å². The van der Waals surface area contributed by atoms with Gasteiger partial charge in [-0.25, -0.2) is 0 Å². The molecule has 1 N–H and O–H groups in total. The maximum atomic E-state index is 5.60. The molecule has 0 spiro atoms. The second-order valence-electron chi connectivity index (χ2n) is 5.97. The fourth-order valence-electron chi connectivity index (χ4n) is 2.95. The highest BCUT2D eigenvalue weighted by Gasteiger charge is 2.31. The van der Waals surface area contributed by atoms with Crippen LogP contribution in [0.4, 0.5) is 0 Å². The summed E-state index contributed by atoms with van der Waals surface area (Å²) in [4.78, 5) is 0. The van der Waals surface area contributed by atoms with Crippen LogP contribution in [-0.2, 0) is 0 Å². The Labute approximate surface area is 133 Å². The van der Waals surface area contributed by atoms with Crippen molar-refractivity contribution in [1.29, 1.82) is 0 Å². The van der Waals surface area contributed by atoms with E-state index in [1.165, 1.54) is 30.7 Å². The zero-order valence-corrected chi connectivity index (χ0v) is 14.6. The van der Waals surface area contributed by atoms with Crippen LogP contribution >= 0.6 is 11.8 Å². The van der Waals surface area contributed by atoms with Crippen molar-refractivity contribution in [2.45, 2.75) is 63.8 Å². The summed E-state index contributed by atoms with van der Waals surface area (Å²) < 4.78 is 7.72. The number of rotatable bonds is 7. The summed E-state index contributed by atoms with van der Waals surface area (Å²) in [6, 6.07) is 0.679. The molecule has 1 aliphatic heterocycles. The Morgan fingerprint density at radius 1 is 1.48 bits per heavy atom. The molecule has 1 aromatic heterocycles. The molecule has 21 heavy (non-hydrogen) atoms. The smallest absolute Gasteiger partial charge is 0.161 e. The number of ether oxygens (including phenoxy) is 1. The van der Waals surface area contributed by atoms with Gasteiger partial charge in [-0.05, 0) is 45.4 Å². The lowest BCUT2D eigenvalue weighted by molar-refractivity contribution is 0.374. The minimum absolute atomic E-state index is 0.329.